The lowest BCUT2D eigenvalue weighted by Gasteiger charge is -2.07. The maximum absolute atomic E-state index is 13.0. The molecule has 1 amide bonds. The van der Waals surface area contributed by atoms with E-state index < -0.39 is 11.7 Å². The van der Waals surface area contributed by atoms with Crippen molar-refractivity contribution in [2.75, 3.05) is 5.32 Å². The van der Waals surface area contributed by atoms with E-state index in [-0.39, 0.29) is 16.6 Å². The first-order chi connectivity index (χ1) is 14.2. The topological polar surface area (TPSA) is 46.4 Å². The molecule has 1 N–H and O–H groups in total. The third-order valence-electron chi connectivity index (χ3n) is 4.56. The molecule has 0 atom stereocenters. The van der Waals surface area contributed by atoms with Crippen molar-refractivity contribution in [2.45, 2.75) is 13.1 Å². The molecule has 0 aliphatic heterocycles. The van der Waals surface area contributed by atoms with Crippen molar-refractivity contribution >= 4 is 28.8 Å². The molecule has 0 aliphatic carbocycles. The fraction of sp³-hybridized carbons (Fsp3) is 0.0909. The van der Waals surface area contributed by atoms with Crippen molar-refractivity contribution in [3.05, 3.63) is 88.7 Å². The molecule has 0 fully saturated rings. The van der Waals surface area contributed by atoms with Gasteiger partial charge >= 0.3 is 6.18 Å². The van der Waals surface area contributed by atoms with E-state index in [1.165, 1.54) is 10.6 Å². The van der Waals surface area contributed by atoms with Crippen molar-refractivity contribution in [1.82, 2.24) is 9.38 Å². The number of fused-ring (bicyclic) bond motifs is 1. The molecule has 0 unspecified atom stereocenters. The number of hydrogen-bond donors (Lipinski definition) is 1. The van der Waals surface area contributed by atoms with Gasteiger partial charge in [-0.05, 0) is 37.3 Å². The SMILES string of the molecule is Cc1ccc(C(=O)Nc2cccc(-c3cn4cc(C(F)(F)F)cc(Cl)c4n3)c2)cc1. The average molecular weight is 430 g/mol. The number of aromatic nitrogens is 2. The molecule has 4 rings (SSSR count). The van der Waals surface area contributed by atoms with E-state index in [0.717, 1.165) is 17.8 Å². The summed E-state index contributed by atoms with van der Waals surface area (Å²) in [7, 11) is 0. The Kier molecular flexibility index (Phi) is 4.99. The van der Waals surface area contributed by atoms with Crippen molar-refractivity contribution in [2.24, 2.45) is 0 Å². The molecule has 2 aromatic heterocycles. The Morgan fingerprint density at radius 1 is 1.07 bits per heavy atom. The maximum atomic E-state index is 13.0. The van der Waals surface area contributed by atoms with Crippen LogP contribution in [0.2, 0.25) is 5.02 Å². The zero-order chi connectivity index (χ0) is 21.5. The van der Waals surface area contributed by atoms with Crippen LogP contribution in [0.4, 0.5) is 18.9 Å². The van der Waals surface area contributed by atoms with Crippen LogP contribution in [0.5, 0.6) is 0 Å². The van der Waals surface area contributed by atoms with Gasteiger partial charge in [-0.1, -0.05) is 41.4 Å². The quantitative estimate of drug-likeness (QED) is 0.419. The zero-order valence-corrected chi connectivity index (χ0v) is 16.4. The minimum absolute atomic E-state index is 0.0973. The number of benzene rings is 2. The highest BCUT2D eigenvalue weighted by Crippen LogP contribution is 2.33. The minimum atomic E-state index is -4.51. The van der Waals surface area contributed by atoms with Crippen LogP contribution in [0.15, 0.2) is 67.0 Å². The number of carbonyl (C=O) groups excluding carboxylic acids is 1. The highest BCUT2D eigenvalue weighted by Gasteiger charge is 2.32. The summed E-state index contributed by atoms with van der Waals surface area (Å²) in [5, 5.41) is 2.72. The number of alkyl halides is 3. The number of imidazole rings is 1. The Balaban J connectivity index is 1.65. The number of halogens is 4. The van der Waals surface area contributed by atoms with E-state index in [2.05, 4.69) is 10.3 Å². The van der Waals surface area contributed by atoms with E-state index >= 15 is 0 Å². The average Bonchev–Trinajstić information content (AvgIpc) is 3.13. The monoisotopic (exact) mass is 429 g/mol. The van der Waals surface area contributed by atoms with Crippen LogP contribution in [-0.4, -0.2) is 15.3 Å². The lowest BCUT2D eigenvalue weighted by Crippen LogP contribution is -2.11. The molecule has 0 spiro atoms. The molecule has 30 heavy (non-hydrogen) atoms. The summed E-state index contributed by atoms with van der Waals surface area (Å²) in [6.45, 7) is 1.93. The lowest BCUT2D eigenvalue weighted by molar-refractivity contribution is -0.137. The van der Waals surface area contributed by atoms with Crippen LogP contribution in [0.3, 0.4) is 0 Å². The first-order valence-electron chi connectivity index (χ1n) is 8.94. The second-order valence-corrected chi connectivity index (χ2v) is 7.24. The molecule has 2 aromatic carbocycles. The van der Waals surface area contributed by atoms with Crippen molar-refractivity contribution in [3.8, 4) is 11.3 Å². The normalized spacial score (nSPS) is 11.6. The predicted octanol–water partition coefficient (Wildman–Crippen LogP) is 6.23. The Hall–Kier alpha value is -3.32. The summed E-state index contributed by atoms with van der Waals surface area (Å²) >= 11 is 6.01. The van der Waals surface area contributed by atoms with Crippen molar-refractivity contribution in [3.63, 3.8) is 0 Å². The fourth-order valence-electron chi connectivity index (χ4n) is 3.02. The minimum Gasteiger partial charge on any atom is -0.322 e. The van der Waals surface area contributed by atoms with E-state index in [1.54, 1.807) is 36.4 Å². The van der Waals surface area contributed by atoms with Crippen molar-refractivity contribution in [1.29, 1.82) is 0 Å². The Morgan fingerprint density at radius 2 is 1.80 bits per heavy atom. The third kappa shape index (κ3) is 4.02. The number of nitrogens with zero attached hydrogens (tertiary/aromatic N) is 2. The van der Waals surface area contributed by atoms with Crippen LogP contribution in [0.1, 0.15) is 21.5 Å². The van der Waals surface area contributed by atoms with Crippen LogP contribution in [-0.2, 0) is 6.18 Å². The predicted molar refractivity (Wildman–Crippen MR) is 110 cm³/mol. The number of nitrogens with one attached hydrogen (secondary N) is 1. The molecule has 0 radical (unpaired) electrons. The molecule has 0 bridgehead atoms. The van der Waals surface area contributed by atoms with E-state index in [0.29, 0.717) is 22.5 Å². The first-order valence-corrected chi connectivity index (χ1v) is 9.32. The van der Waals surface area contributed by atoms with Gasteiger partial charge in [0.15, 0.2) is 5.65 Å². The molecule has 4 nitrogen and oxygen atoms in total. The van der Waals surface area contributed by atoms with Crippen LogP contribution < -0.4 is 5.32 Å². The first kappa shape index (κ1) is 20.0. The number of anilines is 1. The molecule has 152 valence electrons. The molecule has 2 heterocycles. The third-order valence-corrected chi connectivity index (χ3v) is 4.84. The number of hydrogen-bond acceptors (Lipinski definition) is 2. The number of aryl methyl sites for hydroxylation is 1. The van der Waals surface area contributed by atoms with Gasteiger partial charge in [0.25, 0.3) is 5.91 Å². The van der Waals surface area contributed by atoms with Gasteiger partial charge < -0.3 is 9.72 Å². The summed E-state index contributed by atoms with van der Waals surface area (Å²) in [4.78, 5) is 16.8. The molecule has 0 aliphatic rings. The van der Waals surface area contributed by atoms with Gasteiger partial charge in [0, 0.05) is 29.2 Å². The van der Waals surface area contributed by atoms with Gasteiger partial charge in [-0.15, -0.1) is 0 Å². The van der Waals surface area contributed by atoms with Gasteiger partial charge in [-0.25, -0.2) is 4.98 Å². The number of amides is 1. The molecule has 8 heteroatoms. The van der Waals surface area contributed by atoms with Gasteiger partial charge in [0.05, 0.1) is 16.3 Å². The summed E-state index contributed by atoms with van der Waals surface area (Å²) in [5.74, 6) is -0.264. The van der Waals surface area contributed by atoms with E-state index in [9.17, 15) is 18.0 Å². The largest absolute Gasteiger partial charge is 0.417 e. The number of carbonyl (C=O) groups is 1. The second kappa shape index (κ2) is 7.50. The second-order valence-electron chi connectivity index (χ2n) is 6.83. The zero-order valence-electron chi connectivity index (χ0n) is 15.7. The number of pyridine rings is 1. The van der Waals surface area contributed by atoms with Gasteiger partial charge in [-0.2, -0.15) is 13.2 Å². The molecular formula is C22H15ClF3N3O. The highest BCUT2D eigenvalue weighted by molar-refractivity contribution is 6.33. The Labute approximate surface area is 174 Å². The summed E-state index contributed by atoms with van der Waals surface area (Å²) in [5.41, 5.74) is 2.53. The van der Waals surface area contributed by atoms with Crippen LogP contribution >= 0.6 is 11.6 Å². The standard InChI is InChI=1S/C22H15ClF3N3O/c1-13-5-7-14(8-6-13)21(30)27-17-4-2-3-15(9-17)19-12-29-11-16(22(24,25)26)10-18(23)20(29)28-19/h2-12H,1H3,(H,27,30). The van der Waals surface area contributed by atoms with Crippen molar-refractivity contribution < 1.29 is 18.0 Å². The van der Waals surface area contributed by atoms with Crippen LogP contribution in [0.25, 0.3) is 16.9 Å². The summed E-state index contributed by atoms with van der Waals surface area (Å²) < 4.78 is 40.3. The van der Waals surface area contributed by atoms with Gasteiger partial charge in [-0.3, -0.25) is 4.79 Å². The molecule has 4 aromatic rings. The highest BCUT2D eigenvalue weighted by atomic mass is 35.5. The molecule has 0 saturated carbocycles. The smallest absolute Gasteiger partial charge is 0.322 e. The van der Waals surface area contributed by atoms with Crippen LogP contribution in [0, 0.1) is 6.92 Å². The summed E-state index contributed by atoms with van der Waals surface area (Å²) in [6, 6.07) is 14.9. The maximum Gasteiger partial charge on any atom is 0.417 e. The van der Waals surface area contributed by atoms with Gasteiger partial charge in [0.1, 0.15) is 0 Å². The van der Waals surface area contributed by atoms with Gasteiger partial charge in [0.2, 0.25) is 0 Å². The Morgan fingerprint density at radius 3 is 2.50 bits per heavy atom. The lowest BCUT2D eigenvalue weighted by atomic mass is 10.1. The number of rotatable bonds is 3. The van der Waals surface area contributed by atoms with E-state index in [4.69, 9.17) is 11.6 Å². The molecule has 0 saturated heterocycles. The fourth-order valence-corrected chi connectivity index (χ4v) is 3.27. The van der Waals surface area contributed by atoms with E-state index in [1.807, 2.05) is 19.1 Å². The summed E-state index contributed by atoms with van der Waals surface area (Å²) in [6.07, 6.45) is -2.10. The molecular weight excluding hydrogens is 415 g/mol. The Bertz CT molecular complexity index is 1250.